The van der Waals surface area contributed by atoms with Crippen LogP contribution in [0.2, 0.25) is 0 Å². The molecular formula is C12H19N3O3S. The molecule has 0 saturated carbocycles. The Morgan fingerprint density at radius 2 is 2.26 bits per heavy atom. The summed E-state index contributed by atoms with van der Waals surface area (Å²) in [4.78, 5) is 13.6. The normalized spacial score (nSPS) is 10.5. The molecule has 6 nitrogen and oxygen atoms in total. The minimum atomic E-state index is -0.343. The van der Waals surface area contributed by atoms with Crippen molar-refractivity contribution in [2.75, 3.05) is 38.8 Å². The Morgan fingerprint density at radius 1 is 1.53 bits per heavy atom. The number of methoxy groups -OCH3 is 1. The van der Waals surface area contributed by atoms with Gasteiger partial charge in [0.1, 0.15) is 5.69 Å². The van der Waals surface area contributed by atoms with E-state index in [0.29, 0.717) is 25.4 Å². The van der Waals surface area contributed by atoms with E-state index in [1.165, 1.54) is 11.9 Å². The van der Waals surface area contributed by atoms with Crippen LogP contribution in [0.25, 0.3) is 0 Å². The topological polar surface area (TPSA) is 67.6 Å². The molecule has 1 N–H and O–H groups in total. The first-order chi connectivity index (χ1) is 9.13. The molecule has 0 fully saturated rings. The van der Waals surface area contributed by atoms with Crippen LogP contribution < -0.4 is 9.62 Å². The highest BCUT2D eigenvalue weighted by Crippen LogP contribution is 2.31. The lowest BCUT2D eigenvalue weighted by atomic mass is 10.2. The number of hydrogen-bond acceptors (Lipinski definition) is 6. The molecule has 106 valence electrons. The van der Waals surface area contributed by atoms with Crippen molar-refractivity contribution in [2.45, 2.75) is 11.8 Å². The Labute approximate surface area is 117 Å². The van der Waals surface area contributed by atoms with Crippen molar-refractivity contribution in [1.82, 2.24) is 4.72 Å². The third-order valence-corrected chi connectivity index (χ3v) is 3.34. The summed E-state index contributed by atoms with van der Waals surface area (Å²) in [6.07, 6.45) is 0. The third-order valence-electron chi connectivity index (χ3n) is 2.65. The van der Waals surface area contributed by atoms with Gasteiger partial charge in [-0.3, -0.25) is 14.8 Å². The van der Waals surface area contributed by atoms with Gasteiger partial charge in [-0.2, -0.15) is 0 Å². The van der Waals surface area contributed by atoms with Crippen LogP contribution in [0.5, 0.6) is 0 Å². The summed E-state index contributed by atoms with van der Waals surface area (Å²) in [6.45, 7) is 3.84. The van der Waals surface area contributed by atoms with Crippen LogP contribution in [0.15, 0.2) is 23.1 Å². The summed E-state index contributed by atoms with van der Waals surface area (Å²) in [6, 6.07) is 5.25. The molecule has 0 aliphatic heterocycles. The molecule has 0 heterocycles. The fraction of sp³-hybridized carbons (Fsp3) is 0.500. The van der Waals surface area contributed by atoms with Crippen molar-refractivity contribution in [3.05, 3.63) is 28.3 Å². The minimum Gasteiger partial charge on any atom is -0.383 e. The van der Waals surface area contributed by atoms with E-state index in [2.05, 4.69) is 4.72 Å². The number of rotatable bonds is 8. The molecule has 7 heteroatoms. The van der Waals surface area contributed by atoms with Crippen molar-refractivity contribution in [2.24, 2.45) is 0 Å². The van der Waals surface area contributed by atoms with Crippen LogP contribution in [0.3, 0.4) is 0 Å². The monoisotopic (exact) mass is 285 g/mol. The quantitative estimate of drug-likeness (QED) is 0.449. The van der Waals surface area contributed by atoms with Crippen LogP contribution in [0.1, 0.15) is 6.92 Å². The van der Waals surface area contributed by atoms with Gasteiger partial charge in [-0.25, -0.2) is 0 Å². The van der Waals surface area contributed by atoms with Gasteiger partial charge in [-0.15, -0.1) is 0 Å². The molecule has 0 amide bonds. The molecule has 0 saturated heterocycles. The Bertz CT molecular complexity index is 429. The van der Waals surface area contributed by atoms with Gasteiger partial charge in [0.05, 0.1) is 11.5 Å². The van der Waals surface area contributed by atoms with Crippen LogP contribution >= 0.6 is 11.9 Å². The Morgan fingerprint density at radius 3 is 2.79 bits per heavy atom. The van der Waals surface area contributed by atoms with Crippen LogP contribution in [0.4, 0.5) is 11.4 Å². The first-order valence-electron chi connectivity index (χ1n) is 6.00. The first kappa shape index (κ1) is 15.7. The number of nitrogens with zero attached hydrogens (tertiary/aromatic N) is 2. The van der Waals surface area contributed by atoms with E-state index in [1.54, 1.807) is 26.3 Å². The number of anilines is 1. The Kier molecular flexibility index (Phi) is 6.61. The molecule has 0 unspecified atom stereocenters. The SMILES string of the molecule is CCN(CCOC)c1ccc(SNC)cc1[N+](=O)[O-]. The van der Waals surface area contributed by atoms with Gasteiger partial charge in [0.25, 0.3) is 5.69 Å². The smallest absolute Gasteiger partial charge is 0.293 e. The largest absolute Gasteiger partial charge is 0.383 e. The summed E-state index contributed by atoms with van der Waals surface area (Å²) in [5, 5.41) is 11.2. The lowest BCUT2D eigenvalue weighted by Gasteiger charge is -2.22. The van der Waals surface area contributed by atoms with Crippen LogP contribution in [-0.2, 0) is 4.74 Å². The molecule has 0 aromatic heterocycles. The van der Waals surface area contributed by atoms with Gasteiger partial charge in [-0.05, 0) is 38.1 Å². The Balaban J connectivity index is 3.06. The maximum Gasteiger partial charge on any atom is 0.293 e. The number of hydrogen-bond donors (Lipinski definition) is 1. The van der Waals surface area contributed by atoms with Crippen molar-refractivity contribution in [1.29, 1.82) is 0 Å². The molecule has 0 aliphatic carbocycles. The van der Waals surface area contributed by atoms with Gasteiger partial charge >= 0.3 is 0 Å². The predicted molar refractivity (Wildman–Crippen MR) is 77.8 cm³/mol. The molecule has 0 atom stereocenters. The number of likely N-dealkylation sites (N-methyl/N-ethyl adjacent to an activating group) is 1. The summed E-state index contributed by atoms with van der Waals surface area (Å²) in [5.74, 6) is 0. The number of nitro benzene ring substituents is 1. The van der Waals surface area contributed by atoms with E-state index in [1.807, 2.05) is 17.9 Å². The van der Waals surface area contributed by atoms with Crippen molar-refractivity contribution in [3.63, 3.8) is 0 Å². The zero-order valence-corrected chi connectivity index (χ0v) is 12.2. The molecule has 1 rings (SSSR count). The second-order valence-electron chi connectivity index (χ2n) is 3.79. The molecular weight excluding hydrogens is 266 g/mol. The van der Waals surface area contributed by atoms with E-state index in [-0.39, 0.29) is 10.6 Å². The van der Waals surface area contributed by atoms with Crippen molar-refractivity contribution in [3.8, 4) is 0 Å². The second-order valence-corrected chi connectivity index (χ2v) is 4.87. The van der Waals surface area contributed by atoms with Crippen LogP contribution in [0, 0.1) is 10.1 Å². The lowest BCUT2D eigenvalue weighted by molar-refractivity contribution is -0.384. The maximum atomic E-state index is 11.2. The van der Waals surface area contributed by atoms with Gasteiger partial charge < -0.3 is 9.64 Å². The number of nitrogens with one attached hydrogen (secondary N) is 1. The lowest BCUT2D eigenvalue weighted by Crippen LogP contribution is -2.27. The number of benzene rings is 1. The average molecular weight is 285 g/mol. The molecule has 0 bridgehead atoms. The summed E-state index contributed by atoms with van der Waals surface area (Å²) in [7, 11) is 3.40. The molecule has 1 aromatic rings. The van der Waals surface area contributed by atoms with E-state index in [9.17, 15) is 10.1 Å². The fourth-order valence-corrected chi connectivity index (χ4v) is 2.29. The van der Waals surface area contributed by atoms with E-state index >= 15 is 0 Å². The Hall–Kier alpha value is -1.31. The van der Waals surface area contributed by atoms with Gasteiger partial charge in [0.2, 0.25) is 0 Å². The summed E-state index contributed by atoms with van der Waals surface area (Å²) < 4.78 is 7.94. The van der Waals surface area contributed by atoms with Gasteiger partial charge in [0, 0.05) is 31.2 Å². The number of ether oxygens (including phenoxy) is 1. The van der Waals surface area contributed by atoms with Gasteiger partial charge in [-0.1, -0.05) is 0 Å². The molecule has 0 radical (unpaired) electrons. The summed E-state index contributed by atoms with van der Waals surface area (Å²) in [5.41, 5.74) is 0.753. The molecule has 0 aliphatic rings. The second kappa shape index (κ2) is 7.98. The average Bonchev–Trinajstić information content (AvgIpc) is 2.40. The van der Waals surface area contributed by atoms with E-state index in [4.69, 9.17) is 4.74 Å². The first-order valence-corrected chi connectivity index (χ1v) is 6.81. The van der Waals surface area contributed by atoms with Crippen molar-refractivity contribution < 1.29 is 9.66 Å². The molecule has 19 heavy (non-hydrogen) atoms. The van der Waals surface area contributed by atoms with Crippen LogP contribution in [-0.4, -0.2) is 38.8 Å². The highest BCUT2D eigenvalue weighted by Gasteiger charge is 2.19. The number of nitro groups is 1. The van der Waals surface area contributed by atoms with Gasteiger partial charge in [0.15, 0.2) is 0 Å². The fourth-order valence-electron chi connectivity index (χ4n) is 1.75. The van der Waals surface area contributed by atoms with E-state index in [0.717, 1.165) is 4.90 Å². The highest BCUT2D eigenvalue weighted by molar-refractivity contribution is 7.97. The predicted octanol–water partition coefficient (Wildman–Crippen LogP) is 2.29. The minimum absolute atomic E-state index is 0.123. The standard InChI is InChI=1S/C12H19N3O3S/c1-4-14(7-8-18-3)11-6-5-10(19-13-2)9-12(11)15(16)17/h5-6,9,13H,4,7-8H2,1-3H3. The third kappa shape index (κ3) is 4.38. The maximum absolute atomic E-state index is 11.2. The molecule has 0 spiro atoms. The zero-order chi connectivity index (χ0) is 14.3. The van der Waals surface area contributed by atoms with Crippen molar-refractivity contribution >= 4 is 23.3 Å². The zero-order valence-electron chi connectivity index (χ0n) is 11.4. The highest BCUT2D eigenvalue weighted by atomic mass is 32.2. The molecule has 1 aromatic carbocycles. The van der Waals surface area contributed by atoms with E-state index < -0.39 is 0 Å². The summed E-state index contributed by atoms with van der Waals surface area (Å²) >= 11 is 1.36.